The van der Waals surface area contributed by atoms with Crippen molar-refractivity contribution < 1.29 is 22.7 Å². The van der Waals surface area contributed by atoms with Crippen molar-refractivity contribution in [2.45, 2.75) is 31.7 Å². The maximum atomic E-state index is 13.3. The minimum absolute atomic E-state index is 0.212. The number of amides is 1. The van der Waals surface area contributed by atoms with Crippen molar-refractivity contribution in [2.75, 3.05) is 13.2 Å². The van der Waals surface area contributed by atoms with E-state index in [0.717, 1.165) is 17.7 Å². The molecule has 0 spiro atoms. The SMILES string of the molecule is CC12CC=C(c3ccc(C(F)(F)F)cc3)N=C1C(=O)N(Cc1ccccc1)CCO2. The summed E-state index contributed by atoms with van der Waals surface area (Å²) in [5, 5.41) is 0. The largest absolute Gasteiger partial charge is 0.416 e. The second-order valence-electron chi connectivity index (χ2n) is 7.62. The molecule has 1 fully saturated rings. The minimum atomic E-state index is -4.40. The van der Waals surface area contributed by atoms with Crippen LogP contribution in [0.2, 0.25) is 0 Å². The number of benzene rings is 2. The van der Waals surface area contributed by atoms with Crippen LogP contribution in [0.15, 0.2) is 65.7 Å². The van der Waals surface area contributed by atoms with Gasteiger partial charge in [-0.3, -0.25) is 4.79 Å². The molecule has 1 atom stereocenters. The monoisotopic (exact) mass is 414 g/mol. The van der Waals surface area contributed by atoms with E-state index >= 15 is 0 Å². The Hall–Kier alpha value is -2.93. The third kappa shape index (κ3) is 4.03. The Morgan fingerprint density at radius 3 is 2.47 bits per heavy atom. The number of halogens is 3. The maximum Gasteiger partial charge on any atom is 0.416 e. The quantitative estimate of drug-likeness (QED) is 0.730. The Kier molecular flexibility index (Phi) is 5.24. The van der Waals surface area contributed by atoms with E-state index in [1.54, 1.807) is 4.90 Å². The van der Waals surface area contributed by atoms with Crippen LogP contribution in [-0.2, 0) is 22.3 Å². The molecule has 4 rings (SSSR count). The zero-order valence-corrected chi connectivity index (χ0v) is 16.4. The molecule has 0 saturated carbocycles. The number of hydrogen-bond acceptors (Lipinski definition) is 3. The van der Waals surface area contributed by atoms with Gasteiger partial charge >= 0.3 is 6.18 Å². The number of alkyl halides is 3. The second-order valence-corrected chi connectivity index (χ2v) is 7.62. The van der Waals surface area contributed by atoms with Gasteiger partial charge in [-0.2, -0.15) is 13.2 Å². The number of hydrogen-bond donors (Lipinski definition) is 0. The molecule has 1 amide bonds. The van der Waals surface area contributed by atoms with Gasteiger partial charge in [0, 0.05) is 19.5 Å². The smallest absolute Gasteiger partial charge is 0.367 e. The lowest BCUT2D eigenvalue weighted by Gasteiger charge is -2.31. The number of fused-ring (bicyclic) bond motifs is 1. The first-order chi connectivity index (χ1) is 14.3. The summed E-state index contributed by atoms with van der Waals surface area (Å²) in [6.45, 7) is 3.10. The first kappa shape index (κ1) is 20.3. The first-order valence-corrected chi connectivity index (χ1v) is 9.70. The molecule has 2 aliphatic rings. The van der Waals surface area contributed by atoms with Crippen molar-refractivity contribution >= 4 is 17.3 Å². The average Bonchev–Trinajstić information content (AvgIpc) is 2.84. The zero-order valence-electron chi connectivity index (χ0n) is 16.4. The molecular weight excluding hydrogens is 393 g/mol. The molecule has 0 aliphatic carbocycles. The molecule has 2 heterocycles. The molecule has 4 nitrogen and oxygen atoms in total. The van der Waals surface area contributed by atoms with E-state index < -0.39 is 17.3 Å². The van der Waals surface area contributed by atoms with Crippen LogP contribution < -0.4 is 0 Å². The predicted octanol–water partition coefficient (Wildman–Crippen LogP) is 4.71. The molecule has 2 aliphatic heterocycles. The molecule has 1 unspecified atom stereocenters. The van der Waals surface area contributed by atoms with Gasteiger partial charge in [-0.15, -0.1) is 0 Å². The van der Waals surface area contributed by atoms with Crippen LogP contribution in [0.5, 0.6) is 0 Å². The Morgan fingerprint density at radius 2 is 1.80 bits per heavy atom. The number of aliphatic imine (C=N–C) groups is 1. The normalized spacial score (nSPS) is 22.1. The molecule has 2 aromatic rings. The number of ether oxygens (including phenoxy) is 1. The predicted molar refractivity (Wildman–Crippen MR) is 108 cm³/mol. The fourth-order valence-electron chi connectivity index (χ4n) is 3.67. The van der Waals surface area contributed by atoms with Gasteiger partial charge in [-0.05, 0) is 30.2 Å². The van der Waals surface area contributed by atoms with Crippen molar-refractivity contribution in [3.8, 4) is 0 Å². The van der Waals surface area contributed by atoms with Crippen LogP contribution in [0.3, 0.4) is 0 Å². The Bertz CT molecular complexity index is 997. The summed E-state index contributed by atoms with van der Waals surface area (Å²) in [6.07, 6.45) is -2.16. The first-order valence-electron chi connectivity index (χ1n) is 9.70. The molecule has 0 aromatic heterocycles. The van der Waals surface area contributed by atoms with Gasteiger partial charge in [-0.25, -0.2) is 4.99 Å². The lowest BCUT2D eigenvalue weighted by atomic mass is 9.90. The third-order valence-electron chi connectivity index (χ3n) is 5.41. The summed E-state index contributed by atoms with van der Waals surface area (Å²) >= 11 is 0. The van der Waals surface area contributed by atoms with Crippen LogP contribution in [-0.4, -0.2) is 35.3 Å². The topological polar surface area (TPSA) is 41.9 Å². The molecule has 1 saturated heterocycles. The second kappa shape index (κ2) is 7.72. The number of carbonyl (C=O) groups is 1. The number of rotatable bonds is 3. The zero-order chi connectivity index (χ0) is 21.4. The van der Waals surface area contributed by atoms with Gasteiger partial charge in [-0.1, -0.05) is 48.5 Å². The van der Waals surface area contributed by atoms with E-state index in [1.807, 2.05) is 43.3 Å². The molecule has 7 heteroatoms. The Morgan fingerprint density at radius 1 is 1.10 bits per heavy atom. The molecule has 30 heavy (non-hydrogen) atoms. The summed E-state index contributed by atoms with van der Waals surface area (Å²) in [5.41, 5.74) is 0.734. The van der Waals surface area contributed by atoms with Crippen molar-refractivity contribution in [1.29, 1.82) is 0 Å². The highest BCUT2D eigenvalue weighted by Gasteiger charge is 2.42. The van der Waals surface area contributed by atoms with E-state index in [9.17, 15) is 18.0 Å². The minimum Gasteiger partial charge on any atom is -0.367 e. The summed E-state index contributed by atoms with van der Waals surface area (Å²) in [5.74, 6) is -0.212. The summed E-state index contributed by atoms with van der Waals surface area (Å²) in [7, 11) is 0. The molecule has 156 valence electrons. The van der Waals surface area contributed by atoms with Crippen molar-refractivity contribution in [3.05, 3.63) is 77.4 Å². The van der Waals surface area contributed by atoms with Gasteiger partial charge in [0.2, 0.25) is 0 Å². The van der Waals surface area contributed by atoms with Gasteiger partial charge in [0.15, 0.2) is 0 Å². The number of carbonyl (C=O) groups excluding carboxylic acids is 1. The lowest BCUT2D eigenvalue weighted by Crippen LogP contribution is -2.46. The van der Waals surface area contributed by atoms with Crippen molar-refractivity contribution in [1.82, 2.24) is 4.90 Å². The molecular formula is C23H21F3N2O2. The van der Waals surface area contributed by atoms with E-state index in [2.05, 4.69) is 4.99 Å². The Balaban J connectivity index is 1.63. The van der Waals surface area contributed by atoms with Gasteiger partial charge in [0.1, 0.15) is 11.3 Å². The number of nitrogens with zero attached hydrogens (tertiary/aromatic N) is 2. The maximum absolute atomic E-state index is 13.3. The standard InChI is InChI=1S/C23H21F3N2O2/c1-22-12-11-19(17-7-9-18(10-8-17)23(24,25)26)27-20(22)21(29)28(13-14-30-22)15-16-5-3-2-4-6-16/h2-11H,12-15H2,1H3. The summed E-state index contributed by atoms with van der Waals surface area (Å²) in [4.78, 5) is 19.5. The lowest BCUT2D eigenvalue weighted by molar-refractivity contribution is -0.137. The summed E-state index contributed by atoms with van der Waals surface area (Å²) < 4.78 is 44.5. The molecule has 2 aromatic carbocycles. The van der Waals surface area contributed by atoms with Crippen LogP contribution in [0.1, 0.15) is 30.0 Å². The van der Waals surface area contributed by atoms with E-state index in [1.165, 1.54) is 12.1 Å². The van der Waals surface area contributed by atoms with Gasteiger partial charge < -0.3 is 9.64 Å². The molecule has 0 N–H and O–H groups in total. The highest BCUT2D eigenvalue weighted by Crippen LogP contribution is 2.34. The third-order valence-corrected chi connectivity index (χ3v) is 5.41. The summed E-state index contributed by atoms with van der Waals surface area (Å²) in [6, 6.07) is 14.5. The highest BCUT2D eigenvalue weighted by molar-refractivity contribution is 6.43. The van der Waals surface area contributed by atoms with Gasteiger partial charge in [0.05, 0.1) is 17.9 Å². The molecule has 0 radical (unpaired) electrons. The van der Waals surface area contributed by atoms with Crippen LogP contribution in [0, 0.1) is 0 Å². The van der Waals surface area contributed by atoms with E-state index in [4.69, 9.17) is 4.74 Å². The fraction of sp³-hybridized carbons (Fsp3) is 0.304. The van der Waals surface area contributed by atoms with Crippen molar-refractivity contribution in [2.24, 2.45) is 4.99 Å². The van der Waals surface area contributed by atoms with Gasteiger partial charge in [0.25, 0.3) is 5.91 Å². The van der Waals surface area contributed by atoms with E-state index in [-0.39, 0.29) is 11.6 Å². The van der Waals surface area contributed by atoms with Crippen LogP contribution in [0.4, 0.5) is 13.2 Å². The Labute approximate surface area is 172 Å². The van der Waals surface area contributed by atoms with E-state index in [0.29, 0.717) is 37.4 Å². The average molecular weight is 414 g/mol. The molecule has 0 bridgehead atoms. The van der Waals surface area contributed by atoms with Crippen molar-refractivity contribution in [3.63, 3.8) is 0 Å². The van der Waals surface area contributed by atoms with Crippen LogP contribution in [0.25, 0.3) is 5.70 Å². The highest BCUT2D eigenvalue weighted by atomic mass is 19.4. The fourth-order valence-corrected chi connectivity index (χ4v) is 3.67. The van der Waals surface area contributed by atoms with Crippen LogP contribution >= 0.6 is 0 Å².